The Balaban J connectivity index is 0.854. The van der Waals surface area contributed by atoms with Gasteiger partial charge in [0.1, 0.15) is 11.6 Å². The van der Waals surface area contributed by atoms with Gasteiger partial charge >= 0.3 is 0 Å². The molecule has 6 aromatic rings. The van der Waals surface area contributed by atoms with Crippen LogP contribution in [0.15, 0.2) is 109 Å². The van der Waals surface area contributed by atoms with Crippen LogP contribution in [0.3, 0.4) is 0 Å². The molecular formula is C51H52N6O3. The van der Waals surface area contributed by atoms with Gasteiger partial charge in [-0.3, -0.25) is 4.79 Å². The van der Waals surface area contributed by atoms with Crippen molar-refractivity contribution in [3.8, 4) is 22.3 Å². The largest absolute Gasteiger partial charge is 0.388 e. The molecule has 2 saturated heterocycles. The summed E-state index contributed by atoms with van der Waals surface area (Å²) in [6.07, 6.45) is 5.27. The fourth-order valence-electron chi connectivity index (χ4n) is 11.0. The first-order valence-corrected chi connectivity index (χ1v) is 21.6. The topological polar surface area (TPSA) is 116 Å². The number of benzene rings is 4. The summed E-state index contributed by atoms with van der Waals surface area (Å²) in [6.45, 7) is 11.7. The van der Waals surface area contributed by atoms with Gasteiger partial charge in [0.25, 0.3) is 5.78 Å². The molecule has 9 heteroatoms. The SMILES string of the molecule is CC(C)c1ccccc1-c1ccc2c(c1)C(O)CC21CCN(c2ccnc(C(=O)c3nccc(N4CCC5(CC(O)c6cc(-c7ccccc7C(C)C)ccc65)C4)n3)n2)C1. The molecule has 2 aliphatic heterocycles. The summed E-state index contributed by atoms with van der Waals surface area (Å²) >= 11 is 0. The molecule has 4 atom stereocenters. The Hall–Kier alpha value is -5.77. The van der Waals surface area contributed by atoms with E-state index in [0.29, 0.717) is 49.4 Å². The molecule has 0 bridgehead atoms. The molecule has 4 unspecified atom stereocenters. The number of anilines is 2. The molecule has 9 nitrogen and oxygen atoms in total. The van der Waals surface area contributed by atoms with Gasteiger partial charge in [-0.05, 0) is 117 Å². The minimum atomic E-state index is -0.539. The summed E-state index contributed by atoms with van der Waals surface area (Å²) in [5.41, 5.74) is 11.3. The normalized spacial score (nSPS) is 23.1. The molecule has 2 spiro atoms. The highest BCUT2D eigenvalue weighted by Crippen LogP contribution is 2.53. The standard InChI is InChI=1S/C51H52N6O3/c1-31(2)35-9-5-7-11-37(35)33-13-15-41-39(25-33)43(58)27-50(41)19-23-56(29-50)45-17-21-52-48(54-45)47(60)49-53-22-18-46(55-49)57-24-20-51(30-57)28-44(59)40-26-34(14-16-42(40)51)38-12-8-6-10-36(38)32(3)4/h5-18,21-22,25-26,31-32,43-44,58-59H,19-20,23-24,27-30H2,1-4H3. The van der Waals surface area contributed by atoms with Crippen LogP contribution in [0.5, 0.6) is 0 Å². The number of carbonyl (C=O) groups excluding carboxylic acids is 1. The zero-order valence-corrected chi connectivity index (χ0v) is 34.8. The first-order valence-electron chi connectivity index (χ1n) is 21.6. The molecule has 2 N–H and O–H groups in total. The van der Waals surface area contributed by atoms with Gasteiger partial charge in [0.2, 0.25) is 11.6 Å². The average Bonchev–Trinajstić information content (AvgIpc) is 4.04. The molecule has 4 aliphatic rings. The van der Waals surface area contributed by atoms with Crippen molar-refractivity contribution in [3.05, 3.63) is 154 Å². The number of aliphatic hydroxyl groups excluding tert-OH is 2. The number of aliphatic hydroxyl groups is 2. The second-order valence-corrected chi connectivity index (χ2v) is 18.2. The van der Waals surface area contributed by atoms with Crippen molar-refractivity contribution in [2.45, 2.75) is 88.3 Å². The molecule has 2 fully saturated rings. The van der Waals surface area contributed by atoms with Crippen LogP contribution in [0.4, 0.5) is 11.6 Å². The highest BCUT2D eigenvalue weighted by Gasteiger charge is 2.49. The fourth-order valence-corrected chi connectivity index (χ4v) is 11.0. The van der Waals surface area contributed by atoms with Crippen LogP contribution in [0, 0.1) is 0 Å². The van der Waals surface area contributed by atoms with Crippen LogP contribution in [0.2, 0.25) is 0 Å². The van der Waals surface area contributed by atoms with Crippen LogP contribution in [0.25, 0.3) is 22.3 Å². The number of hydrogen-bond donors (Lipinski definition) is 2. The van der Waals surface area contributed by atoms with Crippen molar-refractivity contribution in [3.63, 3.8) is 0 Å². The third-order valence-corrected chi connectivity index (χ3v) is 14.0. The summed E-state index contributed by atoms with van der Waals surface area (Å²) in [5, 5.41) is 22.9. The van der Waals surface area contributed by atoms with Crippen LogP contribution in [0.1, 0.15) is 127 Å². The summed E-state index contributed by atoms with van der Waals surface area (Å²) in [7, 11) is 0. The summed E-state index contributed by atoms with van der Waals surface area (Å²) in [5.74, 6) is 1.86. The molecule has 10 rings (SSSR count). The van der Waals surface area contributed by atoms with Gasteiger partial charge in [-0.2, -0.15) is 0 Å². The maximum absolute atomic E-state index is 14.0. The van der Waals surface area contributed by atoms with Crippen molar-refractivity contribution < 1.29 is 15.0 Å². The first-order chi connectivity index (χ1) is 29.0. The lowest BCUT2D eigenvalue weighted by molar-refractivity contribution is 0.102. The number of ketones is 1. The van der Waals surface area contributed by atoms with Crippen LogP contribution in [-0.4, -0.2) is 62.1 Å². The predicted molar refractivity (Wildman–Crippen MR) is 236 cm³/mol. The van der Waals surface area contributed by atoms with Crippen molar-refractivity contribution in [2.75, 3.05) is 36.0 Å². The van der Waals surface area contributed by atoms with Crippen molar-refractivity contribution >= 4 is 17.4 Å². The third kappa shape index (κ3) is 6.41. The van der Waals surface area contributed by atoms with E-state index < -0.39 is 18.0 Å². The highest BCUT2D eigenvalue weighted by atomic mass is 16.3. The Kier molecular flexibility index (Phi) is 9.45. The van der Waals surface area contributed by atoms with E-state index in [2.05, 4.69) is 132 Å². The van der Waals surface area contributed by atoms with Gasteiger partial charge in [0.05, 0.1) is 12.2 Å². The number of hydrogen-bond acceptors (Lipinski definition) is 9. The zero-order valence-electron chi connectivity index (χ0n) is 34.8. The molecular weight excluding hydrogens is 745 g/mol. The van der Waals surface area contributed by atoms with Gasteiger partial charge in [0, 0.05) is 49.4 Å². The first kappa shape index (κ1) is 38.4. The van der Waals surface area contributed by atoms with Crippen molar-refractivity contribution in [2.24, 2.45) is 0 Å². The van der Waals surface area contributed by atoms with Gasteiger partial charge < -0.3 is 20.0 Å². The van der Waals surface area contributed by atoms with Crippen LogP contribution in [-0.2, 0) is 10.8 Å². The number of aromatic nitrogens is 4. The molecule has 4 aromatic carbocycles. The van der Waals surface area contributed by atoms with Gasteiger partial charge in [-0.25, -0.2) is 19.9 Å². The van der Waals surface area contributed by atoms with Gasteiger partial charge in [-0.1, -0.05) is 100 Å². The van der Waals surface area contributed by atoms with E-state index in [9.17, 15) is 15.0 Å². The lowest BCUT2D eigenvalue weighted by atomic mass is 9.80. The van der Waals surface area contributed by atoms with E-state index in [1.54, 1.807) is 12.4 Å². The van der Waals surface area contributed by atoms with E-state index in [0.717, 1.165) is 48.2 Å². The molecule has 4 heterocycles. The average molecular weight is 797 g/mol. The van der Waals surface area contributed by atoms with E-state index in [1.807, 2.05) is 12.1 Å². The van der Waals surface area contributed by atoms with Crippen molar-refractivity contribution in [1.29, 1.82) is 0 Å². The lowest BCUT2D eigenvalue weighted by Crippen LogP contribution is -2.30. The molecule has 0 saturated carbocycles. The quantitative estimate of drug-likeness (QED) is 0.146. The minimum Gasteiger partial charge on any atom is -0.388 e. The van der Waals surface area contributed by atoms with E-state index in [-0.39, 0.29) is 22.5 Å². The predicted octanol–water partition coefficient (Wildman–Crippen LogP) is 9.25. The van der Waals surface area contributed by atoms with E-state index >= 15 is 0 Å². The second kappa shape index (κ2) is 14.7. The highest BCUT2D eigenvalue weighted by molar-refractivity contribution is 6.04. The maximum atomic E-state index is 14.0. The molecule has 0 radical (unpaired) electrons. The summed E-state index contributed by atoms with van der Waals surface area (Å²) in [6, 6.07) is 34.0. The summed E-state index contributed by atoms with van der Waals surface area (Å²) < 4.78 is 0. The minimum absolute atomic E-state index is 0.0616. The Morgan fingerprint density at radius 3 is 1.48 bits per heavy atom. The maximum Gasteiger partial charge on any atom is 0.267 e. The Morgan fingerprint density at radius 2 is 1.05 bits per heavy atom. The molecule has 60 heavy (non-hydrogen) atoms. The fraction of sp³-hybridized carbons (Fsp3) is 0.353. The smallest absolute Gasteiger partial charge is 0.267 e. The molecule has 304 valence electrons. The molecule has 2 aromatic heterocycles. The number of nitrogens with zero attached hydrogens (tertiary/aromatic N) is 6. The van der Waals surface area contributed by atoms with E-state index in [1.165, 1.54) is 33.4 Å². The monoisotopic (exact) mass is 796 g/mol. The number of carbonyl (C=O) groups is 1. The van der Waals surface area contributed by atoms with Crippen molar-refractivity contribution in [1.82, 2.24) is 19.9 Å². The third-order valence-electron chi connectivity index (χ3n) is 14.0. The van der Waals surface area contributed by atoms with Gasteiger partial charge in [0.15, 0.2) is 0 Å². The second-order valence-electron chi connectivity index (χ2n) is 18.2. The molecule has 2 aliphatic carbocycles. The van der Waals surface area contributed by atoms with Gasteiger partial charge in [-0.15, -0.1) is 0 Å². The Morgan fingerprint density at radius 1 is 0.617 bits per heavy atom. The van der Waals surface area contributed by atoms with Crippen LogP contribution >= 0.6 is 0 Å². The zero-order chi connectivity index (χ0) is 41.3. The number of fused-ring (bicyclic) bond motifs is 4. The van der Waals surface area contributed by atoms with Crippen LogP contribution < -0.4 is 9.80 Å². The molecule has 0 amide bonds. The number of rotatable bonds is 8. The lowest BCUT2D eigenvalue weighted by Gasteiger charge is -2.26. The summed E-state index contributed by atoms with van der Waals surface area (Å²) in [4.78, 5) is 36.8. The van der Waals surface area contributed by atoms with E-state index in [4.69, 9.17) is 9.97 Å². The Bertz CT molecular complexity index is 2460. The Labute approximate surface area is 352 Å².